The largest absolute Gasteiger partial charge is 0.382 e. The number of hydrogen-bond acceptors (Lipinski definition) is 5. The highest BCUT2D eigenvalue weighted by Crippen LogP contribution is 2.20. The van der Waals surface area contributed by atoms with Crippen molar-refractivity contribution >= 4 is 0 Å². The number of rotatable bonds is 6. The lowest BCUT2D eigenvalue weighted by molar-refractivity contribution is 0.0996. The van der Waals surface area contributed by atoms with Gasteiger partial charge < -0.3 is 4.74 Å². The molecule has 0 radical (unpaired) electrons. The molecule has 2 aromatic rings. The molecule has 0 fully saturated rings. The van der Waals surface area contributed by atoms with Crippen LogP contribution in [-0.4, -0.2) is 28.2 Å². The van der Waals surface area contributed by atoms with E-state index in [0.29, 0.717) is 0 Å². The first-order chi connectivity index (χ1) is 9.26. The number of nitrogens with two attached hydrogens (primary N) is 1. The molecule has 0 amide bonds. The first-order valence-corrected chi connectivity index (χ1v) is 6.21. The van der Waals surface area contributed by atoms with E-state index in [1.807, 2.05) is 37.3 Å². The molecule has 0 saturated heterocycles. The van der Waals surface area contributed by atoms with Crippen LogP contribution < -0.4 is 11.3 Å². The highest BCUT2D eigenvalue weighted by molar-refractivity contribution is 5.32. The van der Waals surface area contributed by atoms with Crippen molar-refractivity contribution in [1.29, 1.82) is 0 Å². The second kappa shape index (κ2) is 6.42. The molecule has 1 aromatic heterocycles. The zero-order chi connectivity index (χ0) is 13.7. The van der Waals surface area contributed by atoms with E-state index in [1.54, 1.807) is 18.0 Å². The van der Waals surface area contributed by atoms with Gasteiger partial charge in [0.05, 0.1) is 29.7 Å². The Hall–Kier alpha value is -1.76. The Kier molecular flexibility index (Phi) is 4.62. The van der Waals surface area contributed by atoms with Crippen molar-refractivity contribution in [3.05, 3.63) is 42.2 Å². The van der Waals surface area contributed by atoms with Gasteiger partial charge in [-0.05, 0) is 25.5 Å². The maximum Gasteiger partial charge on any atom is 0.0829 e. The summed E-state index contributed by atoms with van der Waals surface area (Å²) in [4.78, 5) is 0. The Morgan fingerprint density at radius 2 is 2.11 bits per heavy atom. The smallest absolute Gasteiger partial charge is 0.0829 e. The second-order valence-corrected chi connectivity index (χ2v) is 4.41. The van der Waals surface area contributed by atoms with Crippen LogP contribution in [0.3, 0.4) is 0 Å². The van der Waals surface area contributed by atoms with Gasteiger partial charge in [0, 0.05) is 7.11 Å². The highest BCUT2D eigenvalue weighted by atomic mass is 16.5. The molecular formula is C13H19N5O. The number of hydrazine groups is 1. The third-order valence-corrected chi connectivity index (χ3v) is 3.10. The first kappa shape index (κ1) is 13.7. The van der Waals surface area contributed by atoms with E-state index in [1.165, 1.54) is 0 Å². The standard InChI is InChI=1S/C13H19N5O/c1-10(19-2)8-12(16-14)13-9-15-17-18(13)11-6-4-3-5-7-11/h3-7,9-10,12,16H,8,14H2,1-2H3. The van der Waals surface area contributed by atoms with E-state index in [-0.39, 0.29) is 12.1 Å². The highest BCUT2D eigenvalue weighted by Gasteiger charge is 2.19. The van der Waals surface area contributed by atoms with E-state index in [4.69, 9.17) is 10.6 Å². The number of benzene rings is 1. The predicted molar refractivity (Wildman–Crippen MR) is 72.5 cm³/mol. The third kappa shape index (κ3) is 3.17. The molecule has 0 aliphatic heterocycles. The topological polar surface area (TPSA) is 78.0 Å². The van der Waals surface area contributed by atoms with Crippen LogP contribution in [0.2, 0.25) is 0 Å². The van der Waals surface area contributed by atoms with Crippen molar-refractivity contribution < 1.29 is 4.74 Å². The molecule has 19 heavy (non-hydrogen) atoms. The monoisotopic (exact) mass is 261 g/mol. The first-order valence-electron chi connectivity index (χ1n) is 6.21. The molecule has 0 bridgehead atoms. The zero-order valence-corrected chi connectivity index (χ0v) is 11.2. The van der Waals surface area contributed by atoms with Gasteiger partial charge >= 0.3 is 0 Å². The fourth-order valence-electron chi connectivity index (χ4n) is 1.95. The van der Waals surface area contributed by atoms with Crippen LogP contribution in [0.1, 0.15) is 25.1 Å². The molecule has 6 nitrogen and oxygen atoms in total. The van der Waals surface area contributed by atoms with Gasteiger partial charge in [-0.2, -0.15) is 0 Å². The molecule has 0 spiro atoms. The molecule has 2 atom stereocenters. The summed E-state index contributed by atoms with van der Waals surface area (Å²) in [6, 6.07) is 9.78. The molecule has 1 aromatic carbocycles. The van der Waals surface area contributed by atoms with Gasteiger partial charge in [0.1, 0.15) is 0 Å². The molecule has 102 valence electrons. The van der Waals surface area contributed by atoms with Crippen LogP contribution >= 0.6 is 0 Å². The second-order valence-electron chi connectivity index (χ2n) is 4.41. The van der Waals surface area contributed by atoms with Crippen LogP contribution in [0.4, 0.5) is 0 Å². The number of nitrogens with one attached hydrogen (secondary N) is 1. The van der Waals surface area contributed by atoms with Crippen LogP contribution in [0, 0.1) is 0 Å². The number of hydrogen-bond donors (Lipinski definition) is 2. The summed E-state index contributed by atoms with van der Waals surface area (Å²) in [5, 5.41) is 8.10. The maximum absolute atomic E-state index is 5.64. The lowest BCUT2D eigenvalue weighted by atomic mass is 10.1. The van der Waals surface area contributed by atoms with Crippen LogP contribution in [0.5, 0.6) is 0 Å². The summed E-state index contributed by atoms with van der Waals surface area (Å²) in [5.74, 6) is 5.64. The van der Waals surface area contributed by atoms with Crippen molar-refractivity contribution in [3.63, 3.8) is 0 Å². The summed E-state index contributed by atoms with van der Waals surface area (Å²) in [7, 11) is 1.69. The molecule has 1 heterocycles. The van der Waals surface area contributed by atoms with Crippen LogP contribution in [-0.2, 0) is 4.74 Å². The van der Waals surface area contributed by atoms with Crippen molar-refractivity contribution in [2.45, 2.75) is 25.5 Å². The van der Waals surface area contributed by atoms with E-state index >= 15 is 0 Å². The summed E-state index contributed by atoms with van der Waals surface area (Å²) in [5.41, 5.74) is 4.67. The Morgan fingerprint density at radius 1 is 1.37 bits per heavy atom. The number of para-hydroxylation sites is 1. The van der Waals surface area contributed by atoms with Gasteiger partial charge in [-0.3, -0.25) is 11.3 Å². The van der Waals surface area contributed by atoms with Gasteiger partial charge in [0.2, 0.25) is 0 Å². The average molecular weight is 261 g/mol. The number of methoxy groups -OCH3 is 1. The van der Waals surface area contributed by atoms with Crippen molar-refractivity contribution in [2.75, 3.05) is 7.11 Å². The van der Waals surface area contributed by atoms with E-state index in [0.717, 1.165) is 17.8 Å². The van der Waals surface area contributed by atoms with Crippen LogP contribution in [0.25, 0.3) is 5.69 Å². The SMILES string of the molecule is COC(C)CC(NN)c1cnnn1-c1ccccc1. The molecule has 2 rings (SSSR count). The molecule has 0 saturated carbocycles. The minimum atomic E-state index is -0.0647. The van der Waals surface area contributed by atoms with E-state index in [2.05, 4.69) is 15.7 Å². The van der Waals surface area contributed by atoms with Crippen molar-refractivity contribution in [2.24, 2.45) is 5.84 Å². The predicted octanol–water partition coefficient (Wildman–Crippen LogP) is 1.20. The Labute approximate surface area is 112 Å². The Bertz CT molecular complexity index is 499. The van der Waals surface area contributed by atoms with E-state index < -0.39 is 0 Å². The van der Waals surface area contributed by atoms with Gasteiger partial charge in [0.25, 0.3) is 0 Å². The van der Waals surface area contributed by atoms with Gasteiger partial charge in [-0.1, -0.05) is 23.4 Å². The fourth-order valence-corrected chi connectivity index (χ4v) is 1.95. The third-order valence-electron chi connectivity index (χ3n) is 3.10. The Morgan fingerprint density at radius 3 is 2.74 bits per heavy atom. The molecule has 2 unspecified atom stereocenters. The van der Waals surface area contributed by atoms with Gasteiger partial charge in [-0.15, -0.1) is 5.10 Å². The number of aromatic nitrogens is 3. The molecule has 6 heteroatoms. The lowest BCUT2D eigenvalue weighted by Crippen LogP contribution is -2.32. The van der Waals surface area contributed by atoms with Gasteiger partial charge in [-0.25, -0.2) is 4.68 Å². The molecule has 0 aliphatic carbocycles. The quantitative estimate of drug-likeness (QED) is 0.603. The normalized spacial score (nSPS) is 14.3. The Balaban J connectivity index is 2.27. The molecule has 3 N–H and O–H groups in total. The minimum absolute atomic E-state index is 0.0647. The maximum atomic E-state index is 5.64. The average Bonchev–Trinajstić information content (AvgIpc) is 2.94. The summed E-state index contributed by atoms with van der Waals surface area (Å²) in [6.07, 6.45) is 2.56. The summed E-state index contributed by atoms with van der Waals surface area (Å²) in [6.45, 7) is 2.00. The number of nitrogens with zero attached hydrogens (tertiary/aromatic N) is 3. The van der Waals surface area contributed by atoms with Crippen LogP contribution in [0.15, 0.2) is 36.5 Å². The zero-order valence-electron chi connectivity index (χ0n) is 11.2. The number of ether oxygens (including phenoxy) is 1. The minimum Gasteiger partial charge on any atom is -0.382 e. The lowest BCUT2D eigenvalue weighted by Gasteiger charge is -2.20. The fraction of sp³-hybridized carbons (Fsp3) is 0.385. The molecule has 0 aliphatic rings. The van der Waals surface area contributed by atoms with Gasteiger partial charge in [0.15, 0.2) is 0 Å². The van der Waals surface area contributed by atoms with Crippen molar-refractivity contribution in [3.8, 4) is 5.69 Å². The molecular weight excluding hydrogens is 242 g/mol. The van der Waals surface area contributed by atoms with E-state index in [9.17, 15) is 0 Å². The summed E-state index contributed by atoms with van der Waals surface area (Å²) < 4.78 is 7.07. The summed E-state index contributed by atoms with van der Waals surface area (Å²) >= 11 is 0. The van der Waals surface area contributed by atoms with Crippen molar-refractivity contribution in [1.82, 2.24) is 20.4 Å².